The van der Waals surface area contributed by atoms with E-state index in [1.165, 1.54) is 0 Å². The van der Waals surface area contributed by atoms with Gasteiger partial charge >= 0.3 is 0 Å². The molecule has 0 bridgehead atoms. The van der Waals surface area contributed by atoms with E-state index in [1.807, 2.05) is 30.3 Å². The number of hydrogen-bond acceptors (Lipinski definition) is 1. The van der Waals surface area contributed by atoms with Crippen molar-refractivity contribution in [1.29, 1.82) is 0 Å². The Bertz CT molecular complexity index is 246. The zero-order valence-electron chi connectivity index (χ0n) is 7.85. The van der Waals surface area contributed by atoms with E-state index in [4.69, 9.17) is 5.53 Å². The maximum absolute atomic E-state index is 8.67. The van der Waals surface area contributed by atoms with Gasteiger partial charge in [0.05, 0.1) is 6.54 Å². The van der Waals surface area contributed by atoms with Gasteiger partial charge in [-0.15, -0.1) is 0 Å². The van der Waals surface area contributed by atoms with Crippen LogP contribution in [0.25, 0.3) is 0 Å². The van der Waals surface area contributed by atoms with Crippen molar-refractivity contribution in [2.45, 2.75) is 19.9 Å². The van der Waals surface area contributed by atoms with Crippen LogP contribution in [0.15, 0.2) is 35.6 Å². The van der Waals surface area contributed by atoms with Crippen molar-refractivity contribution in [3.8, 4) is 0 Å². The molecule has 1 aromatic rings. The van der Waals surface area contributed by atoms with E-state index in [1.54, 1.807) is 5.01 Å². The molecule has 0 aliphatic rings. The molecular weight excluding hydrogens is 162 g/mol. The zero-order chi connectivity index (χ0) is 9.52. The predicted octanol–water partition coefficient (Wildman–Crippen LogP) is 2.07. The Morgan fingerprint density at radius 3 is 2.54 bits per heavy atom. The molecule has 13 heavy (non-hydrogen) atoms. The molecule has 0 aliphatic carbocycles. The summed E-state index contributed by atoms with van der Waals surface area (Å²) in [4.78, 5) is 0. The van der Waals surface area contributed by atoms with Crippen LogP contribution < -0.4 is 5.53 Å². The minimum Gasteiger partial charge on any atom is -0.273 e. The topological polar surface area (TPSA) is 37.9 Å². The first kappa shape index (κ1) is 9.71. The molecule has 0 spiro atoms. The second kappa shape index (κ2) is 5.30. The fourth-order valence-corrected chi connectivity index (χ4v) is 1.21. The van der Waals surface area contributed by atoms with E-state index >= 15 is 0 Å². The van der Waals surface area contributed by atoms with E-state index < -0.39 is 0 Å². The van der Waals surface area contributed by atoms with Crippen molar-refractivity contribution in [2.24, 2.45) is 5.22 Å². The number of hydrogen-bond donors (Lipinski definition) is 0. The SMILES string of the molecule is CCCN(Cc1ccccc1)N=[N]. The second-order valence-corrected chi connectivity index (χ2v) is 2.96. The Kier molecular flexibility index (Phi) is 3.96. The lowest BCUT2D eigenvalue weighted by Crippen LogP contribution is -2.17. The van der Waals surface area contributed by atoms with E-state index in [9.17, 15) is 0 Å². The van der Waals surface area contributed by atoms with Crippen LogP contribution in [0.4, 0.5) is 0 Å². The normalized spacial score (nSPS) is 9.62. The van der Waals surface area contributed by atoms with E-state index in [-0.39, 0.29) is 0 Å². The highest BCUT2D eigenvalue weighted by Gasteiger charge is 2.00. The summed E-state index contributed by atoms with van der Waals surface area (Å²) in [6.07, 6.45) is 0.983. The first-order valence-corrected chi connectivity index (χ1v) is 4.50. The third-order valence-corrected chi connectivity index (χ3v) is 1.82. The third-order valence-electron chi connectivity index (χ3n) is 1.82. The Hall–Kier alpha value is -1.38. The van der Waals surface area contributed by atoms with Gasteiger partial charge in [-0.3, -0.25) is 5.01 Å². The van der Waals surface area contributed by atoms with Crippen molar-refractivity contribution in [3.05, 3.63) is 35.9 Å². The fourth-order valence-electron chi connectivity index (χ4n) is 1.21. The summed E-state index contributed by atoms with van der Waals surface area (Å²) < 4.78 is 0. The highest BCUT2D eigenvalue weighted by atomic mass is 15.5. The molecule has 0 saturated heterocycles. The van der Waals surface area contributed by atoms with Gasteiger partial charge in [0, 0.05) is 6.54 Å². The number of nitrogens with zero attached hydrogens (tertiary/aromatic N) is 3. The summed E-state index contributed by atoms with van der Waals surface area (Å²) in [6, 6.07) is 9.99. The maximum atomic E-state index is 8.67. The highest BCUT2D eigenvalue weighted by molar-refractivity contribution is 5.14. The van der Waals surface area contributed by atoms with E-state index in [2.05, 4.69) is 12.1 Å². The average molecular weight is 176 g/mol. The summed E-state index contributed by atoms with van der Waals surface area (Å²) in [6.45, 7) is 3.51. The molecule has 0 unspecified atom stereocenters. The van der Waals surface area contributed by atoms with Gasteiger partial charge in [-0.05, 0) is 22.7 Å². The van der Waals surface area contributed by atoms with Gasteiger partial charge in [-0.1, -0.05) is 37.3 Å². The Labute approximate surface area is 78.9 Å². The molecule has 0 fully saturated rings. The summed E-state index contributed by atoms with van der Waals surface area (Å²) in [7, 11) is 0. The molecular formula is C10H14N3. The highest BCUT2D eigenvalue weighted by Crippen LogP contribution is 2.04. The minimum absolute atomic E-state index is 0.672. The zero-order valence-corrected chi connectivity index (χ0v) is 7.85. The Balaban J connectivity index is 2.51. The molecule has 0 saturated carbocycles. The van der Waals surface area contributed by atoms with Crippen LogP contribution in [-0.4, -0.2) is 11.6 Å². The van der Waals surface area contributed by atoms with E-state index in [0.29, 0.717) is 6.54 Å². The molecule has 3 nitrogen and oxygen atoms in total. The standard InChI is InChI=1S/C10H14N3/c1-2-8-13(12-11)9-10-6-4-3-5-7-10/h3-7H,2,8-9H2,1H3. The lowest BCUT2D eigenvalue weighted by molar-refractivity contribution is 0.262. The van der Waals surface area contributed by atoms with Gasteiger partial charge in [0.1, 0.15) is 0 Å². The first-order chi connectivity index (χ1) is 6.36. The van der Waals surface area contributed by atoms with Crippen LogP contribution in [0.1, 0.15) is 18.9 Å². The summed E-state index contributed by atoms with van der Waals surface area (Å²) in [5, 5.41) is 4.85. The van der Waals surface area contributed by atoms with Crippen LogP contribution in [0.3, 0.4) is 0 Å². The van der Waals surface area contributed by atoms with Gasteiger partial charge < -0.3 is 0 Å². The van der Waals surface area contributed by atoms with Crippen molar-refractivity contribution in [1.82, 2.24) is 10.5 Å². The largest absolute Gasteiger partial charge is 0.273 e. The second-order valence-electron chi connectivity index (χ2n) is 2.96. The van der Waals surface area contributed by atoms with Gasteiger partial charge in [0.2, 0.25) is 0 Å². The van der Waals surface area contributed by atoms with Crippen LogP contribution in [0.5, 0.6) is 0 Å². The van der Waals surface area contributed by atoms with Gasteiger partial charge in [-0.25, -0.2) is 0 Å². The van der Waals surface area contributed by atoms with Crippen molar-refractivity contribution in [2.75, 3.05) is 6.54 Å². The van der Waals surface area contributed by atoms with Crippen molar-refractivity contribution < 1.29 is 0 Å². The summed E-state index contributed by atoms with van der Waals surface area (Å²) >= 11 is 0. The molecule has 1 radical (unpaired) electrons. The minimum atomic E-state index is 0.672. The molecule has 0 aromatic heterocycles. The quantitative estimate of drug-likeness (QED) is 0.500. The molecule has 1 aromatic carbocycles. The lowest BCUT2D eigenvalue weighted by Gasteiger charge is -2.14. The van der Waals surface area contributed by atoms with Crippen LogP contribution >= 0.6 is 0 Å². The molecule has 0 aliphatic heterocycles. The van der Waals surface area contributed by atoms with Crippen LogP contribution in [0.2, 0.25) is 0 Å². The molecule has 3 heteroatoms. The molecule has 0 atom stereocenters. The van der Waals surface area contributed by atoms with E-state index in [0.717, 1.165) is 18.5 Å². The van der Waals surface area contributed by atoms with Gasteiger partial charge in [-0.2, -0.15) is 0 Å². The summed E-state index contributed by atoms with van der Waals surface area (Å²) in [5.74, 6) is 0. The van der Waals surface area contributed by atoms with Gasteiger partial charge in [0.25, 0.3) is 0 Å². The molecule has 0 N–H and O–H groups in total. The van der Waals surface area contributed by atoms with Crippen LogP contribution in [-0.2, 0) is 6.54 Å². The first-order valence-electron chi connectivity index (χ1n) is 4.50. The van der Waals surface area contributed by atoms with Crippen LogP contribution in [0, 0.1) is 0 Å². The van der Waals surface area contributed by atoms with Crippen molar-refractivity contribution >= 4 is 0 Å². The summed E-state index contributed by atoms with van der Waals surface area (Å²) in [5.41, 5.74) is 9.83. The Morgan fingerprint density at radius 1 is 1.31 bits per heavy atom. The number of benzene rings is 1. The monoisotopic (exact) mass is 176 g/mol. The molecule has 0 heterocycles. The third kappa shape index (κ3) is 3.23. The Morgan fingerprint density at radius 2 is 2.00 bits per heavy atom. The van der Waals surface area contributed by atoms with Crippen molar-refractivity contribution in [3.63, 3.8) is 0 Å². The van der Waals surface area contributed by atoms with Gasteiger partial charge in [0.15, 0.2) is 0 Å². The average Bonchev–Trinajstić information content (AvgIpc) is 2.19. The molecule has 1 rings (SSSR count). The fraction of sp³-hybridized carbons (Fsp3) is 0.400. The maximum Gasteiger partial charge on any atom is 0.0628 e. The smallest absolute Gasteiger partial charge is 0.0628 e. The lowest BCUT2D eigenvalue weighted by atomic mass is 10.2. The molecule has 69 valence electrons. The predicted molar refractivity (Wildman–Crippen MR) is 51.7 cm³/mol. The number of rotatable bonds is 5. The molecule has 0 amide bonds.